The lowest BCUT2D eigenvalue weighted by Crippen LogP contribution is -2.39. The molecule has 0 radical (unpaired) electrons. The predicted octanol–water partition coefficient (Wildman–Crippen LogP) is 5.79. The molecule has 0 unspecified atom stereocenters. The van der Waals surface area contributed by atoms with Crippen LogP contribution in [0.15, 0.2) is 82.5 Å². The van der Waals surface area contributed by atoms with E-state index in [1.807, 2.05) is 53.1 Å². The Morgan fingerprint density at radius 2 is 1.79 bits per heavy atom. The number of carbonyl (C=O) groups is 1. The van der Waals surface area contributed by atoms with Crippen LogP contribution in [0.1, 0.15) is 41.7 Å². The Morgan fingerprint density at radius 1 is 1.05 bits per heavy atom. The second kappa shape index (κ2) is 10.5. The Balaban J connectivity index is 1.18. The molecule has 0 bridgehead atoms. The van der Waals surface area contributed by atoms with E-state index in [0.29, 0.717) is 34.6 Å². The Morgan fingerprint density at radius 3 is 2.51 bits per heavy atom. The van der Waals surface area contributed by atoms with Crippen molar-refractivity contribution in [2.24, 2.45) is 5.92 Å². The summed E-state index contributed by atoms with van der Waals surface area (Å²) in [5, 5.41) is 3.60. The van der Waals surface area contributed by atoms with E-state index in [1.54, 1.807) is 36.2 Å². The van der Waals surface area contributed by atoms with Gasteiger partial charge in [0.2, 0.25) is 5.89 Å². The number of benzene rings is 2. The lowest BCUT2D eigenvalue weighted by Gasteiger charge is -2.29. The van der Waals surface area contributed by atoms with Gasteiger partial charge in [0.15, 0.2) is 0 Å². The summed E-state index contributed by atoms with van der Waals surface area (Å²) in [6, 6.07) is 17.3. The van der Waals surface area contributed by atoms with Gasteiger partial charge in [0.25, 0.3) is 5.91 Å². The van der Waals surface area contributed by atoms with Crippen molar-refractivity contribution >= 4 is 28.5 Å². The van der Waals surface area contributed by atoms with Gasteiger partial charge in [0.05, 0.1) is 39.2 Å². The van der Waals surface area contributed by atoms with E-state index in [9.17, 15) is 9.59 Å². The average Bonchev–Trinajstić information content (AvgIpc) is 3.58. The maximum atomic E-state index is 13.7. The molecule has 5 aromatic rings. The number of pyridine rings is 1. The first-order valence-electron chi connectivity index (χ1n) is 13.1. The van der Waals surface area contributed by atoms with Gasteiger partial charge in [-0.05, 0) is 81.0 Å². The molecule has 0 aliphatic heterocycles. The molecule has 6 rings (SSSR count). The minimum absolute atomic E-state index is 0.0561. The van der Waals surface area contributed by atoms with Gasteiger partial charge in [0.1, 0.15) is 6.26 Å². The highest BCUT2D eigenvalue weighted by molar-refractivity contribution is 6.30. The van der Waals surface area contributed by atoms with Crippen molar-refractivity contribution in [1.82, 2.24) is 24.4 Å². The van der Waals surface area contributed by atoms with Crippen molar-refractivity contribution in [3.8, 4) is 17.1 Å². The number of aromatic nitrogens is 4. The van der Waals surface area contributed by atoms with Crippen molar-refractivity contribution in [3.05, 3.63) is 100 Å². The fourth-order valence-corrected chi connectivity index (χ4v) is 5.66. The molecular formula is C30H28ClN5O3. The Bertz CT molecular complexity index is 1680. The molecule has 1 N–H and O–H groups in total. The molecule has 0 saturated heterocycles. The summed E-state index contributed by atoms with van der Waals surface area (Å²) < 4.78 is 9.05. The standard InChI is InChI=1S/C30H28ClN5O3/c1-19-25(16-22(31)17-33-19)28(37)34-23-10-6-20(7-11-23)18-35-26-4-2-3-5-27(26)36(30(35)38)24-12-8-21(9-13-24)29-32-14-15-39-29/h2-5,8-9,12-17,20,23H,6-7,10-11,18H2,1H3,(H,34,37)/t20-,23-. The minimum Gasteiger partial charge on any atom is -0.445 e. The molecular weight excluding hydrogens is 514 g/mol. The number of hydrogen-bond donors (Lipinski definition) is 1. The molecule has 0 spiro atoms. The highest BCUT2D eigenvalue weighted by Crippen LogP contribution is 2.28. The van der Waals surface area contributed by atoms with Crippen molar-refractivity contribution in [2.75, 3.05) is 0 Å². The molecule has 1 aliphatic rings. The first kappa shape index (κ1) is 25.1. The lowest BCUT2D eigenvalue weighted by molar-refractivity contribution is 0.0919. The fraction of sp³-hybridized carbons (Fsp3) is 0.267. The maximum Gasteiger partial charge on any atom is 0.333 e. The van der Waals surface area contributed by atoms with Crippen molar-refractivity contribution in [2.45, 2.75) is 45.2 Å². The third-order valence-corrected chi connectivity index (χ3v) is 7.77. The topological polar surface area (TPSA) is 95.0 Å². The van der Waals surface area contributed by atoms with Gasteiger partial charge in [-0.3, -0.25) is 18.9 Å². The number of carbonyl (C=O) groups excluding carboxylic acids is 1. The Labute approximate surface area is 230 Å². The van der Waals surface area contributed by atoms with Gasteiger partial charge < -0.3 is 9.73 Å². The molecule has 2 aromatic carbocycles. The lowest BCUT2D eigenvalue weighted by atomic mass is 9.85. The van der Waals surface area contributed by atoms with E-state index in [2.05, 4.69) is 15.3 Å². The molecule has 9 heteroatoms. The molecule has 3 aromatic heterocycles. The molecule has 198 valence electrons. The van der Waals surface area contributed by atoms with E-state index >= 15 is 0 Å². The zero-order valence-corrected chi connectivity index (χ0v) is 22.3. The quantitative estimate of drug-likeness (QED) is 0.293. The summed E-state index contributed by atoms with van der Waals surface area (Å²) in [6.07, 6.45) is 8.27. The van der Waals surface area contributed by atoms with Crippen molar-refractivity contribution in [1.29, 1.82) is 0 Å². The normalized spacial score (nSPS) is 17.4. The number of halogens is 1. The van der Waals surface area contributed by atoms with E-state index in [0.717, 1.165) is 48.0 Å². The van der Waals surface area contributed by atoms with E-state index < -0.39 is 0 Å². The van der Waals surface area contributed by atoms with Crippen LogP contribution in [0.4, 0.5) is 0 Å². The van der Waals surface area contributed by atoms with Gasteiger partial charge in [0, 0.05) is 24.3 Å². The third-order valence-electron chi connectivity index (χ3n) is 7.56. The number of amides is 1. The van der Waals surface area contributed by atoms with E-state index in [1.165, 1.54) is 0 Å². The summed E-state index contributed by atoms with van der Waals surface area (Å²) in [6.45, 7) is 2.44. The summed E-state index contributed by atoms with van der Waals surface area (Å²) in [4.78, 5) is 34.9. The summed E-state index contributed by atoms with van der Waals surface area (Å²) >= 11 is 6.04. The van der Waals surface area contributed by atoms with Crippen LogP contribution in [0.5, 0.6) is 0 Å². The smallest absolute Gasteiger partial charge is 0.333 e. The minimum atomic E-state index is -0.140. The number of imidazole rings is 1. The van der Waals surface area contributed by atoms with Crippen LogP contribution in [0, 0.1) is 12.8 Å². The maximum absolute atomic E-state index is 13.7. The third kappa shape index (κ3) is 5.00. The van der Waals surface area contributed by atoms with Crippen LogP contribution in [0.3, 0.4) is 0 Å². The van der Waals surface area contributed by atoms with Crippen molar-refractivity contribution < 1.29 is 9.21 Å². The molecule has 1 aliphatic carbocycles. The second-order valence-corrected chi connectivity index (χ2v) is 10.5. The first-order chi connectivity index (χ1) is 19.0. The molecule has 39 heavy (non-hydrogen) atoms. The van der Waals surface area contributed by atoms with Crippen LogP contribution in [-0.2, 0) is 6.54 Å². The summed E-state index contributed by atoms with van der Waals surface area (Å²) in [5.74, 6) is 0.749. The van der Waals surface area contributed by atoms with Crippen molar-refractivity contribution in [3.63, 3.8) is 0 Å². The highest BCUT2D eigenvalue weighted by Gasteiger charge is 2.25. The molecule has 3 heterocycles. The molecule has 0 atom stereocenters. The van der Waals surface area contributed by atoms with E-state index in [-0.39, 0.29) is 17.6 Å². The number of nitrogens with zero attached hydrogens (tertiary/aromatic N) is 4. The van der Waals surface area contributed by atoms with Gasteiger partial charge >= 0.3 is 5.69 Å². The number of aryl methyl sites for hydroxylation is 1. The summed E-state index contributed by atoms with van der Waals surface area (Å²) in [7, 11) is 0. The summed E-state index contributed by atoms with van der Waals surface area (Å²) in [5.41, 5.74) is 4.55. The number of hydrogen-bond acceptors (Lipinski definition) is 5. The van der Waals surface area contributed by atoms with Gasteiger partial charge in [-0.15, -0.1) is 0 Å². The number of rotatable bonds is 6. The Kier molecular flexibility index (Phi) is 6.79. The van der Waals surface area contributed by atoms with E-state index in [4.69, 9.17) is 16.0 Å². The van der Waals surface area contributed by atoms with Crippen LogP contribution in [0.25, 0.3) is 28.2 Å². The fourth-order valence-electron chi connectivity index (χ4n) is 5.50. The zero-order valence-electron chi connectivity index (χ0n) is 21.5. The van der Waals surface area contributed by atoms with Crippen LogP contribution in [-0.4, -0.2) is 31.1 Å². The number of fused-ring (bicyclic) bond motifs is 1. The zero-order chi connectivity index (χ0) is 26.9. The SMILES string of the molecule is Cc1ncc(Cl)cc1C(=O)N[C@H]1CC[C@H](Cn2c(=O)n(-c3ccc(-c4ncco4)cc3)c3ccccc32)CC1. The molecule has 8 nitrogen and oxygen atoms in total. The first-order valence-corrected chi connectivity index (χ1v) is 13.5. The number of nitrogens with one attached hydrogen (secondary N) is 1. The van der Waals surface area contributed by atoms with Gasteiger partial charge in [-0.1, -0.05) is 23.7 Å². The number of oxazole rings is 1. The number of para-hydroxylation sites is 2. The monoisotopic (exact) mass is 541 g/mol. The second-order valence-electron chi connectivity index (χ2n) is 10.1. The Hall–Kier alpha value is -4.17. The van der Waals surface area contributed by atoms with Gasteiger partial charge in [-0.25, -0.2) is 9.78 Å². The predicted molar refractivity (Wildman–Crippen MR) is 150 cm³/mol. The average molecular weight is 542 g/mol. The van der Waals surface area contributed by atoms with Gasteiger partial charge in [-0.2, -0.15) is 0 Å². The molecule has 1 saturated carbocycles. The van der Waals surface area contributed by atoms with Crippen LogP contribution < -0.4 is 11.0 Å². The molecule has 1 fully saturated rings. The molecule has 1 amide bonds. The van der Waals surface area contributed by atoms with Crippen LogP contribution in [0.2, 0.25) is 5.02 Å². The largest absolute Gasteiger partial charge is 0.445 e. The highest BCUT2D eigenvalue weighted by atomic mass is 35.5. The van der Waals surface area contributed by atoms with Crippen LogP contribution >= 0.6 is 11.6 Å².